The van der Waals surface area contributed by atoms with Gasteiger partial charge in [-0.25, -0.2) is 14.4 Å². The summed E-state index contributed by atoms with van der Waals surface area (Å²) in [5, 5.41) is 67.5. The van der Waals surface area contributed by atoms with Crippen LogP contribution >= 0.6 is 0 Å². The van der Waals surface area contributed by atoms with Crippen molar-refractivity contribution in [3.05, 3.63) is 59.7 Å². The first kappa shape index (κ1) is 32.9. The lowest BCUT2D eigenvalue weighted by Gasteiger charge is -2.42. The van der Waals surface area contributed by atoms with E-state index < -0.39 is 102 Å². The van der Waals surface area contributed by atoms with Gasteiger partial charge in [0, 0.05) is 25.0 Å². The van der Waals surface area contributed by atoms with Crippen LogP contribution in [0.4, 0.5) is 0 Å². The zero-order chi connectivity index (χ0) is 32.6. The summed E-state index contributed by atoms with van der Waals surface area (Å²) in [5.41, 5.74) is -2.13. The van der Waals surface area contributed by atoms with Crippen LogP contribution in [0.15, 0.2) is 48.6 Å². The first-order valence-corrected chi connectivity index (χ1v) is 12.9. The maximum absolute atomic E-state index is 12.7. The zero-order valence-corrected chi connectivity index (χ0v) is 22.7. The third-order valence-electron chi connectivity index (χ3n) is 6.38. The van der Waals surface area contributed by atoms with Crippen molar-refractivity contribution in [3.63, 3.8) is 0 Å². The van der Waals surface area contributed by atoms with E-state index in [1.54, 1.807) is 0 Å². The maximum Gasteiger partial charge on any atom is 0.335 e. The Hall–Kier alpha value is -5.57. The average molecular weight is 617 g/mol. The number of benzene rings is 2. The number of aromatic hydroxyl groups is 4. The number of carboxylic acids is 2. The Morgan fingerprint density at radius 2 is 1.16 bits per heavy atom. The summed E-state index contributed by atoms with van der Waals surface area (Å²) in [6.07, 6.45) is -3.92. The highest BCUT2D eigenvalue weighted by molar-refractivity contribution is 5.88. The third kappa shape index (κ3) is 8.96. The van der Waals surface area contributed by atoms with E-state index in [-0.39, 0.29) is 11.1 Å². The van der Waals surface area contributed by atoms with Gasteiger partial charge in [0.05, 0.1) is 12.8 Å². The highest BCUT2D eigenvalue weighted by Gasteiger charge is 2.54. The minimum absolute atomic E-state index is 0.250. The molecule has 2 aromatic carbocycles. The number of aliphatic hydroxyl groups is 1. The van der Waals surface area contributed by atoms with Gasteiger partial charge in [0.15, 0.2) is 34.7 Å². The van der Waals surface area contributed by atoms with Crippen LogP contribution in [0.1, 0.15) is 36.8 Å². The monoisotopic (exact) mass is 616 g/mol. The fourth-order valence-corrected chi connectivity index (χ4v) is 4.18. The number of phenols is 4. The molecule has 0 radical (unpaired) electrons. The van der Waals surface area contributed by atoms with E-state index in [4.69, 9.17) is 19.3 Å². The first-order chi connectivity index (χ1) is 20.7. The minimum Gasteiger partial charge on any atom is -0.504 e. The number of hydrogen-bond donors (Lipinski definition) is 7. The smallest absolute Gasteiger partial charge is 0.335 e. The molecule has 2 aromatic rings. The zero-order valence-electron chi connectivity index (χ0n) is 22.7. The molecular formula is C29H28O15. The van der Waals surface area contributed by atoms with Gasteiger partial charge in [-0.2, -0.15) is 0 Å². The Morgan fingerprint density at radius 1 is 0.705 bits per heavy atom. The minimum atomic E-state index is -2.63. The summed E-state index contributed by atoms with van der Waals surface area (Å²) in [6, 6.07) is 7.24. The molecule has 1 aliphatic rings. The molecule has 1 fully saturated rings. The molecule has 0 aromatic heterocycles. The van der Waals surface area contributed by atoms with E-state index >= 15 is 0 Å². The second kappa shape index (κ2) is 14.1. The van der Waals surface area contributed by atoms with E-state index in [0.717, 1.165) is 36.4 Å². The van der Waals surface area contributed by atoms with Crippen molar-refractivity contribution in [1.82, 2.24) is 0 Å². The number of ether oxygens (including phenoxy) is 3. The molecule has 2 atom stereocenters. The first-order valence-electron chi connectivity index (χ1n) is 12.9. The lowest BCUT2D eigenvalue weighted by Crippen LogP contribution is -2.59. The molecule has 1 aliphatic carbocycles. The number of carboxylic acid groups (broad SMARTS) is 2. The van der Waals surface area contributed by atoms with E-state index in [2.05, 4.69) is 0 Å². The predicted molar refractivity (Wildman–Crippen MR) is 146 cm³/mol. The largest absolute Gasteiger partial charge is 0.504 e. The second-order valence-corrected chi connectivity index (χ2v) is 9.71. The number of carbonyl (C=O) groups is 5. The topological polar surface area (TPSA) is 255 Å². The highest BCUT2D eigenvalue weighted by Crippen LogP contribution is 2.35. The van der Waals surface area contributed by atoms with Crippen molar-refractivity contribution in [2.75, 3.05) is 0 Å². The Labute approximate surface area is 248 Å². The van der Waals surface area contributed by atoms with Crippen LogP contribution in [0.3, 0.4) is 0 Å². The SMILES string of the molecule is O=C(O)CCC(=O)OC1C(OC(=O)/C=C/c2ccc(O)c(O)c2)CC(O)(C(=O)O)CC1OC(=O)/C=C/c1ccc(O)c(O)c1. The van der Waals surface area contributed by atoms with Gasteiger partial charge in [-0.1, -0.05) is 12.1 Å². The molecule has 0 spiro atoms. The van der Waals surface area contributed by atoms with Gasteiger partial charge in [0.1, 0.15) is 12.2 Å². The Morgan fingerprint density at radius 3 is 1.55 bits per heavy atom. The molecule has 15 nitrogen and oxygen atoms in total. The van der Waals surface area contributed by atoms with Crippen LogP contribution in [0, 0.1) is 0 Å². The normalized spacial score (nSPS) is 21.5. The van der Waals surface area contributed by atoms with E-state index in [1.807, 2.05) is 0 Å². The number of rotatable bonds is 11. The molecular weight excluding hydrogens is 588 g/mol. The maximum atomic E-state index is 12.7. The van der Waals surface area contributed by atoms with Crippen LogP contribution < -0.4 is 0 Å². The number of phenolic OH excluding ortho intramolecular Hbond substituents is 4. The van der Waals surface area contributed by atoms with E-state index in [9.17, 15) is 54.6 Å². The predicted octanol–water partition coefficient (Wildman–Crippen LogP) is 1.45. The molecule has 3 rings (SSSR count). The van der Waals surface area contributed by atoms with Crippen molar-refractivity contribution >= 4 is 42.0 Å². The van der Waals surface area contributed by atoms with Crippen LogP contribution in [0.25, 0.3) is 12.2 Å². The number of carbonyl (C=O) groups excluding carboxylic acids is 3. The molecule has 0 saturated heterocycles. The number of hydrogen-bond acceptors (Lipinski definition) is 13. The van der Waals surface area contributed by atoms with Gasteiger partial charge in [-0.05, 0) is 47.5 Å². The highest BCUT2D eigenvalue weighted by atomic mass is 16.6. The molecule has 7 N–H and O–H groups in total. The molecule has 0 amide bonds. The number of aliphatic carboxylic acids is 2. The summed E-state index contributed by atoms with van der Waals surface area (Å²) in [5.74, 6) is -8.23. The summed E-state index contributed by atoms with van der Waals surface area (Å²) in [6.45, 7) is 0. The molecule has 2 unspecified atom stereocenters. The van der Waals surface area contributed by atoms with Gasteiger partial charge in [-0.3, -0.25) is 9.59 Å². The molecule has 234 valence electrons. The van der Waals surface area contributed by atoms with Gasteiger partial charge in [0.25, 0.3) is 0 Å². The van der Waals surface area contributed by atoms with Gasteiger partial charge < -0.3 is 50.0 Å². The van der Waals surface area contributed by atoms with Crippen LogP contribution in [-0.2, 0) is 38.2 Å². The van der Waals surface area contributed by atoms with Gasteiger partial charge in [-0.15, -0.1) is 0 Å². The summed E-state index contributed by atoms with van der Waals surface area (Å²) in [4.78, 5) is 60.7. The van der Waals surface area contributed by atoms with Crippen LogP contribution in [0.5, 0.6) is 23.0 Å². The standard InChI is InChI=1S/C29H28O15/c30-17-5-1-15(11-19(17)32)3-8-24(36)42-21-13-29(41,28(39)40)14-22(27(21)44-26(38)10-7-23(34)35)43-25(37)9-4-16-2-6-18(31)20(33)12-16/h1-6,8-9,11-12,21-22,27,30-33,41H,7,10,13-14H2,(H,34,35)(H,39,40)/b8-3+,9-4+. The lowest BCUT2D eigenvalue weighted by molar-refractivity contribution is -0.212. The summed E-state index contributed by atoms with van der Waals surface area (Å²) in [7, 11) is 0. The van der Waals surface area contributed by atoms with Crippen molar-refractivity contribution in [3.8, 4) is 23.0 Å². The lowest BCUT2D eigenvalue weighted by atomic mass is 9.79. The van der Waals surface area contributed by atoms with Gasteiger partial charge >= 0.3 is 29.8 Å². The fourth-order valence-electron chi connectivity index (χ4n) is 4.18. The number of esters is 3. The molecule has 44 heavy (non-hydrogen) atoms. The van der Waals surface area contributed by atoms with Gasteiger partial charge in [0.2, 0.25) is 0 Å². The second-order valence-electron chi connectivity index (χ2n) is 9.71. The summed E-state index contributed by atoms with van der Waals surface area (Å²) < 4.78 is 15.9. The fraction of sp³-hybridized carbons (Fsp3) is 0.276. The van der Waals surface area contributed by atoms with Crippen molar-refractivity contribution in [2.45, 2.75) is 49.6 Å². The van der Waals surface area contributed by atoms with Crippen molar-refractivity contribution in [2.24, 2.45) is 0 Å². The molecule has 15 heteroatoms. The molecule has 0 heterocycles. The van der Waals surface area contributed by atoms with E-state index in [1.165, 1.54) is 24.3 Å². The Kier molecular flexibility index (Phi) is 10.5. The van der Waals surface area contributed by atoms with Crippen molar-refractivity contribution < 1.29 is 73.9 Å². The van der Waals surface area contributed by atoms with Crippen LogP contribution in [-0.4, -0.2) is 89.5 Å². The quantitative estimate of drug-likeness (QED) is 0.0816. The Bertz CT molecular complexity index is 1410. The summed E-state index contributed by atoms with van der Waals surface area (Å²) >= 11 is 0. The molecule has 0 bridgehead atoms. The van der Waals surface area contributed by atoms with E-state index in [0.29, 0.717) is 0 Å². The third-order valence-corrected chi connectivity index (χ3v) is 6.38. The average Bonchev–Trinajstić information content (AvgIpc) is 2.95. The van der Waals surface area contributed by atoms with Crippen molar-refractivity contribution in [1.29, 1.82) is 0 Å². The Balaban J connectivity index is 1.88. The van der Waals surface area contributed by atoms with Crippen LogP contribution in [0.2, 0.25) is 0 Å². The molecule has 0 aliphatic heterocycles. The molecule has 1 saturated carbocycles.